The van der Waals surface area contributed by atoms with Crippen molar-refractivity contribution in [2.75, 3.05) is 0 Å². The summed E-state index contributed by atoms with van der Waals surface area (Å²) in [6.07, 6.45) is 13.2. The molecule has 121 heavy (non-hydrogen) atoms. The van der Waals surface area contributed by atoms with Gasteiger partial charge in [-0.2, -0.15) is 0 Å². The maximum Gasteiger partial charge on any atom is 0.287 e. The minimum Gasteiger partial charge on any atom is -0.448 e. The zero-order valence-corrected chi connectivity index (χ0v) is 75.6. The van der Waals surface area contributed by atoms with Gasteiger partial charge < -0.3 is 72.0 Å². The van der Waals surface area contributed by atoms with Crippen molar-refractivity contribution in [3.05, 3.63) is 142 Å². The molecule has 0 spiro atoms. The number of aromatic amines is 2. The molecule has 0 fully saturated rings. The van der Waals surface area contributed by atoms with Crippen LogP contribution in [0.1, 0.15) is 322 Å². The second kappa shape index (κ2) is 57.6. The zero-order chi connectivity index (χ0) is 91.4. The van der Waals surface area contributed by atoms with Crippen LogP contribution in [0.2, 0.25) is 0 Å². The van der Waals surface area contributed by atoms with Gasteiger partial charge in [0.15, 0.2) is 54.5 Å². The first-order valence-electron chi connectivity index (χ1n) is 41.6. The molecule has 30 heteroatoms. The number of H-pyrrole nitrogens is 2. The quantitative estimate of drug-likeness (QED) is 0.0127. The fraction of sp³-hybridized carbons (Fsp3) is 0.571. The monoisotopic (exact) mass is 1710 g/mol. The lowest BCUT2D eigenvalue weighted by Crippen LogP contribution is -2.52. The summed E-state index contributed by atoms with van der Waals surface area (Å²) in [5.41, 5.74) is 1.16. The minimum atomic E-state index is -0.711. The number of hydrogen-bond donors (Lipinski definition) is 12. The van der Waals surface area contributed by atoms with Gasteiger partial charge in [-0.25, -0.2) is 0 Å². The first-order chi connectivity index (χ1) is 56.4. The number of carbonyl (C=O) groups excluding carboxylic acids is 15. The van der Waals surface area contributed by atoms with Gasteiger partial charge in [-0.1, -0.05) is 179 Å². The van der Waals surface area contributed by atoms with Crippen molar-refractivity contribution >= 4 is 102 Å². The largest absolute Gasteiger partial charge is 0.448 e. The first kappa shape index (κ1) is 110. The van der Waals surface area contributed by atoms with Crippen LogP contribution in [0.3, 0.4) is 0 Å². The summed E-state index contributed by atoms with van der Waals surface area (Å²) in [6.45, 7) is 53.3. The van der Waals surface area contributed by atoms with Crippen molar-refractivity contribution < 1.29 is 80.8 Å². The lowest BCUT2D eigenvalue weighted by atomic mass is 9.99. The summed E-state index contributed by atoms with van der Waals surface area (Å²) >= 11 is 1.12. The van der Waals surface area contributed by atoms with Gasteiger partial charge in [-0.3, -0.25) is 71.9 Å². The molecule has 0 unspecified atom stereocenters. The van der Waals surface area contributed by atoms with Crippen LogP contribution in [0, 0.1) is 59.2 Å². The highest BCUT2D eigenvalue weighted by molar-refractivity contribution is 7.15. The first-order valence-corrected chi connectivity index (χ1v) is 42.5. The molecule has 0 aliphatic heterocycles. The van der Waals surface area contributed by atoms with E-state index in [1.165, 1.54) is 48.5 Å². The summed E-state index contributed by atoms with van der Waals surface area (Å²) in [7, 11) is 0. The van der Waals surface area contributed by atoms with Gasteiger partial charge in [0, 0.05) is 30.2 Å². The van der Waals surface area contributed by atoms with E-state index in [0.717, 1.165) is 62.7 Å². The topological polar surface area (TPSA) is 434 Å². The number of amides is 10. The predicted molar refractivity (Wildman–Crippen MR) is 476 cm³/mol. The minimum absolute atomic E-state index is 0. The fourth-order valence-corrected chi connectivity index (χ4v) is 12.9. The molecular weight excluding hydrogens is 1570 g/mol. The van der Waals surface area contributed by atoms with Gasteiger partial charge in [0.25, 0.3) is 29.5 Å². The maximum absolute atomic E-state index is 12.6. The van der Waals surface area contributed by atoms with E-state index in [2.05, 4.69) is 146 Å². The molecule has 12 N–H and O–H groups in total. The smallest absolute Gasteiger partial charge is 0.287 e. The number of thiophene rings is 1. The molecule has 29 nitrogen and oxygen atoms in total. The summed E-state index contributed by atoms with van der Waals surface area (Å²) in [5, 5.41) is 28.5. The van der Waals surface area contributed by atoms with Crippen LogP contribution in [-0.4, -0.2) is 161 Å². The lowest BCUT2D eigenvalue weighted by molar-refractivity contribution is -0.125. The number of hydrogen-bond acceptors (Lipinski definition) is 18. The van der Waals surface area contributed by atoms with Crippen molar-refractivity contribution in [3.8, 4) is 0 Å². The van der Waals surface area contributed by atoms with Gasteiger partial charge in [0.05, 0.1) is 21.1 Å². The second-order valence-corrected chi connectivity index (χ2v) is 34.6. The SMILES string of the molecule is C.C=C[C@H](CC(C)C)NC(=O)[C@@H](NC(=O)c1ccc(C=O)[nH]1)C(C)C.C=C[C@H](CC(C)C)NC(=O)[C@@H](NC(=O)c1ccc(C=O)o1)C(C)C.CC[C@H](CC(C)C)NC(=O)[C@@H](NC(=O)c1ccc(C=O)[nH]1)C(C)C.CC[C@H](CC(C)C)NC(=O)[C@@H](NC(=O)c1ccc(C=O)o1)C(C)C.CC[C@H](CC(C)C)NC(=O)[C@@H](NC(=O)c1ccc(C=O)s1)C(C)C. The number of rotatable bonds is 45. The Labute approximate surface area is 721 Å². The van der Waals surface area contributed by atoms with Crippen molar-refractivity contribution in [2.45, 2.75) is 278 Å². The Morgan fingerprint density at radius 1 is 0.339 bits per heavy atom. The van der Waals surface area contributed by atoms with Crippen LogP contribution >= 0.6 is 11.3 Å². The Balaban J connectivity index is 0.00000148. The van der Waals surface area contributed by atoms with E-state index < -0.39 is 53.8 Å². The summed E-state index contributed by atoms with van der Waals surface area (Å²) < 4.78 is 10.2. The molecule has 0 saturated heterocycles. The highest BCUT2D eigenvalue weighted by atomic mass is 32.1. The molecule has 5 rings (SSSR count). The van der Waals surface area contributed by atoms with Gasteiger partial charge in [-0.05, 0) is 171 Å². The van der Waals surface area contributed by atoms with Crippen LogP contribution in [-0.2, 0) is 24.0 Å². The molecule has 0 bridgehead atoms. The van der Waals surface area contributed by atoms with E-state index in [1.807, 2.05) is 90.0 Å². The van der Waals surface area contributed by atoms with Crippen LogP contribution in [0.25, 0.3) is 0 Å². The third kappa shape index (κ3) is 41.5. The maximum atomic E-state index is 12.6. The molecule has 674 valence electrons. The fourth-order valence-electron chi connectivity index (χ4n) is 12.1. The molecule has 5 aromatic rings. The molecule has 0 aliphatic carbocycles. The van der Waals surface area contributed by atoms with Crippen LogP contribution < -0.4 is 53.2 Å². The molecular formula is C91H142N12O17S. The van der Waals surface area contributed by atoms with E-state index in [-0.39, 0.29) is 137 Å². The number of nitrogens with one attached hydrogen (secondary N) is 12. The molecule has 0 radical (unpaired) electrons. The van der Waals surface area contributed by atoms with E-state index in [0.29, 0.717) is 82.2 Å². The molecule has 5 aromatic heterocycles. The number of aromatic nitrogens is 2. The molecule has 0 saturated carbocycles. The van der Waals surface area contributed by atoms with Crippen LogP contribution in [0.15, 0.2) is 94.8 Å². The number of aldehydes is 5. The van der Waals surface area contributed by atoms with Crippen molar-refractivity contribution in [1.82, 2.24) is 63.1 Å². The number of furan rings is 2. The Kier molecular flexibility index (Phi) is 52.5. The second-order valence-electron chi connectivity index (χ2n) is 33.5. The molecule has 10 atom stereocenters. The summed E-state index contributed by atoms with van der Waals surface area (Å²) in [4.78, 5) is 184. The van der Waals surface area contributed by atoms with Crippen LogP contribution in [0.5, 0.6) is 0 Å². The summed E-state index contributed by atoms with van der Waals surface area (Å²) in [6, 6.07) is 11.7. The van der Waals surface area contributed by atoms with Crippen LogP contribution in [0.4, 0.5) is 0 Å². The van der Waals surface area contributed by atoms with Gasteiger partial charge in [-0.15, -0.1) is 24.5 Å². The molecule has 5 heterocycles. The molecule has 10 amide bonds. The van der Waals surface area contributed by atoms with E-state index in [4.69, 9.17) is 8.83 Å². The van der Waals surface area contributed by atoms with E-state index in [9.17, 15) is 71.9 Å². The Hall–Kier alpha value is -10.7. The molecule has 0 aliphatic rings. The average molecular weight is 1710 g/mol. The standard InChI is InChI=1S/C18H29N3O3.C18H27N3O3.C18H28N2O4.C18H26N2O4.C18H28N2O3S.CH4/c2*1-6-13(9-11(2)3)20-18(24)16(12(4)5)21-17(23)15-8-7-14(10-22)19-15;3*1-6-13(9-11(2)3)19-18(23)16(12(4)5)20-17(22)15-8-7-14(10-21)24-15;/h7-8,10-13,16,19H,6,9H2,1-5H3,(H,20,24)(H,21,23);6-8,10-13,16,19H,1,9H2,2-5H3,(H,20,24)(H,21,23);7-8,10-13,16H,6,9H2,1-5H3,(H,19,23)(H,20,22);6-8,10-13,16H,1,9H2,2-5H3,(H,19,23)(H,20,22);7-8,10-13,16H,6,9H2,1-5H3,(H,19,23)(H,20,22);1H4/t5*13-,16+;/m11111./s1. The van der Waals surface area contributed by atoms with Crippen molar-refractivity contribution in [2.24, 2.45) is 59.2 Å². The predicted octanol–water partition coefficient (Wildman–Crippen LogP) is 14.1. The summed E-state index contributed by atoms with van der Waals surface area (Å²) in [5.74, 6) is -1.13. The Morgan fingerprint density at radius 3 is 0.843 bits per heavy atom. The average Bonchev–Trinajstić information content (AvgIpc) is 1.17. The zero-order valence-electron chi connectivity index (χ0n) is 74.8. The van der Waals surface area contributed by atoms with Gasteiger partial charge >= 0.3 is 0 Å². The normalized spacial score (nSPS) is 13.4. The highest BCUT2D eigenvalue weighted by Gasteiger charge is 2.33. The van der Waals surface area contributed by atoms with E-state index in [1.54, 1.807) is 24.3 Å². The highest BCUT2D eigenvalue weighted by Crippen LogP contribution is 2.20. The van der Waals surface area contributed by atoms with E-state index >= 15 is 0 Å². The van der Waals surface area contributed by atoms with Gasteiger partial charge in [0.2, 0.25) is 29.5 Å². The van der Waals surface area contributed by atoms with Gasteiger partial charge in [0.1, 0.15) is 41.6 Å². The number of carbonyl (C=O) groups is 15. The third-order valence-electron chi connectivity index (χ3n) is 18.7. The Bertz CT molecular complexity index is 3720. The van der Waals surface area contributed by atoms with Crippen molar-refractivity contribution in [1.29, 1.82) is 0 Å². The van der Waals surface area contributed by atoms with Crippen molar-refractivity contribution in [3.63, 3.8) is 0 Å². The Morgan fingerprint density at radius 2 is 0.620 bits per heavy atom. The molecule has 0 aromatic carbocycles. The third-order valence-corrected chi connectivity index (χ3v) is 19.7. The lowest BCUT2D eigenvalue weighted by Gasteiger charge is -2.25.